The number of ether oxygens (including phenoxy) is 1. The van der Waals surface area contributed by atoms with Crippen molar-refractivity contribution in [2.45, 2.75) is 39.8 Å². The number of hydrogen-bond donors (Lipinski definition) is 1. The molecule has 15 heavy (non-hydrogen) atoms. The Kier molecular flexibility index (Phi) is 4.15. The van der Waals surface area contributed by atoms with Crippen molar-refractivity contribution < 1.29 is 4.74 Å². The Morgan fingerprint density at radius 2 is 1.67 bits per heavy atom. The smallest absolute Gasteiger partial charge is 0.124 e. The van der Waals surface area contributed by atoms with E-state index in [1.54, 1.807) is 0 Å². The first kappa shape index (κ1) is 12.1. The maximum atomic E-state index is 5.89. The summed E-state index contributed by atoms with van der Waals surface area (Å²) in [7, 11) is 0. The number of nitrogens with two attached hydrogens (primary N) is 1. The fourth-order valence-corrected chi connectivity index (χ4v) is 1.30. The Balaban J connectivity index is 2.84. The summed E-state index contributed by atoms with van der Waals surface area (Å²) in [5.41, 5.74) is 6.96. The third-order valence-electron chi connectivity index (χ3n) is 2.66. The molecule has 0 aliphatic carbocycles. The van der Waals surface area contributed by atoms with Crippen LogP contribution in [0.1, 0.15) is 39.3 Å². The summed E-state index contributed by atoms with van der Waals surface area (Å²) in [5, 5.41) is 0. The van der Waals surface area contributed by atoms with E-state index in [0.29, 0.717) is 5.92 Å². The van der Waals surface area contributed by atoms with Gasteiger partial charge >= 0.3 is 0 Å². The highest BCUT2D eigenvalue weighted by molar-refractivity contribution is 5.35. The number of rotatable bonds is 4. The lowest BCUT2D eigenvalue weighted by Crippen LogP contribution is -2.20. The molecule has 2 nitrogen and oxygen atoms in total. The second-order valence-corrected chi connectivity index (χ2v) is 4.39. The van der Waals surface area contributed by atoms with Gasteiger partial charge in [0.1, 0.15) is 5.75 Å². The zero-order chi connectivity index (χ0) is 11.4. The highest BCUT2D eigenvalue weighted by atomic mass is 16.5. The van der Waals surface area contributed by atoms with E-state index in [9.17, 15) is 0 Å². The largest absolute Gasteiger partial charge is 0.490 e. The molecule has 0 amide bonds. The second kappa shape index (κ2) is 5.17. The monoisotopic (exact) mass is 207 g/mol. The molecule has 0 saturated heterocycles. The van der Waals surface area contributed by atoms with Crippen molar-refractivity contribution in [1.82, 2.24) is 0 Å². The van der Waals surface area contributed by atoms with Gasteiger partial charge in [0.2, 0.25) is 0 Å². The van der Waals surface area contributed by atoms with Crippen LogP contribution >= 0.6 is 0 Å². The molecule has 0 aliphatic heterocycles. The molecular weight excluding hydrogens is 186 g/mol. The first-order valence-corrected chi connectivity index (χ1v) is 5.53. The average Bonchev–Trinajstić information content (AvgIpc) is 2.18. The van der Waals surface area contributed by atoms with Crippen LogP contribution in [0.3, 0.4) is 0 Å². The highest BCUT2D eigenvalue weighted by Crippen LogP contribution is 2.25. The molecule has 0 spiro atoms. The molecule has 84 valence electrons. The van der Waals surface area contributed by atoms with Gasteiger partial charge in [0, 0.05) is 11.6 Å². The van der Waals surface area contributed by atoms with E-state index in [1.807, 2.05) is 31.2 Å². The van der Waals surface area contributed by atoms with Gasteiger partial charge in [0.15, 0.2) is 0 Å². The molecule has 0 radical (unpaired) electrons. The summed E-state index contributed by atoms with van der Waals surface area (Å²) in [6.45, 7) is 8.36. The molecule has 1 aromatic carbocycles. The zero-order valence-corrected chi connectivity index (χ0v) is 10.0. The van der Waals surface area contributed by atoms with Crippen molar-refractivity contribution in [2.75, 3.05) is 0 Å². The number of benzene rings is 1. The predicted octanol–water partition coefficient (Wildman–Crippen LogP) is 3.13. The Morgan fingerprint density at radius 3 is 2.20 bits per heavy atom. The fourth-order valence-electron chi connectivity index (χ4n) is 1.30. The Hall–Kier alpha value is -1.02. The van der Waals surface area contributed by atoms with Gasteiger partial charge in [0.05, 0.1) is 6.10 Å². The van der Waals surface area contributed by atoms with E-state index in [2.05, 4.69) is 20.8 Å². The Morgan fingerprint density at radius 1 is 1.07 bits per heavy atom. The van der Waals surface area contributed by atoms with Gasteiger partial charge in [0.25, 0.3) is 0 Å². The van der Waals surface area contributed by atoms with Crippen LogP contribution in [0.25, 0.3) is 0 Å². The van der Waals surface area contributed by atoms with Crippen molar-refractivity contribution in [3.8, 4) is 5.75 Å². The first-order chi connectivity index (χ1) is 7.02. The maximum Gasteiger partial charge on any atom is 0.124 e. The van der Waals surface area contributed by atoms with Gasteiger partial charge in [-0.3, -0.25) is 0 Å². The molecule has 0 heterocycles. The lowest BCUT2D eigenvalue weighted by atomic mass is 10.1. The van der Waals surface area contributed by atoms with Crippen LogP contribution in [0.4, 0.5) is 0 Å². The summed E-state index contributed by atoms with van der Waals surface area (Å²) in [5.74, 6) is 1.42. The normalized spacial score (nSPS) is 15.1. The van der Waals surface area contributed by atoms with Crippen molar-refractivity contribution in [3.63, 3.8) is 0 Å². The molecule has 2 N–H and O–H groups in total. The standard InChI is InChI=1S/C13H21NO/c1-9(2)11(4)15-13-8-6-5-7-12(13)10(3)14/h5-11H,14H2,1-4H3/t10-,11?/m1/s1. The minimum atomic E-state index is 0.0144. The summed E-state index contributed by atoms with van der Waals surface area (Å²) >= 11 is 0. The molecule has 0 fully saturated rings. The van der Waals surface area contributed by atoms with E-state index in [1.165, 1.54) is 0 Å². The molecule has 2 atom stereocenters. The summed E-state index contributed by atoms with van der Waals surface area (Å²) < 4.78 is 5.89. The lowest BCUT2D eigenvalue weighted by molar-refractivity contribution is 0.168. The van der Waals surface area contributed by atoms with Gasteiger partial charge in [-0.2, -0.15) is 0 Å². The maximum absolute atomic E-state index is 5.89. The summed E-state index contributed by atoms with van der Waals surface area (Å²) in [6.07, 6.45) is 0.213. The Bertz CT molecular complexity index is 307. The lowest BCUT2D eigenvalue weighted by Gasteiger charge is -2.21. The van der Waals surface area contributed by atoms with Gasteiger partial charge in [-0.15, -0.1) is 0 Å². The number of hydrogen-bond acceptors (Lipinski definition) is 2. The first-order valence-electron chi connectivity index (χ1n) is 5.53. The van der Waals surface area contributed by atoms with Crippen molar-refractivity contribution in [3.05, 3.63) is 29.8 Å². The molecule has 0 bridgehead atoms. The SMILES string of the molecule is CC(C)C(C)Oc1ccccc1[C@@H](C)N. The zero-order valence-electron chi connectivity index (χ0n) is 10.0. The van der Waals surface area contributed by atoms with Crippen LogP contribution in [0.15, 0.2) is 24.3 Å². The number of para-hydroxylation sites is 1. The van der Waals surface area contributed by atoms with Crippen LogP contribution < -0.4 is 10.5 Å². The van der Waals surface area contributed by atoms with Crippen molar-refractivity contribution in [1.29, 1.82) is 0 Å². The average molecular weight is 207 g/mol. The fraction of sp³-hybridized carbons (Fsp3) is 0.538. The van der Waals surface area contributed by atoms with Gasteiger partial charge < -0.3 is 10.5 Å². The van der Waals surface area contributed by atoms with Crippen molar-refractivity contribution in [2.24, 2.45) is 11.7 Å². The highest BCUT2D eigenvalue weighted by Gasteiger charge is 2.12. The van der Waals surface area contributed by atoms with Crippen molar-refractivity contribution >= 4 is 0 Å². The molecule has 0 aromatic heterocycles. The molecule has 1 rings (SSSR count). The van der Waals surface area contributed by atoms with Crippen LogP contribution in [-0.4, -0.2) is 6.10 Å². The Labute approximate surface area is 92.4 Å². The summed E-state index contributed by atoms with van der Waals surface area (Å²) in [6, 6.07) is 7.99. The third-order valence-corrected chi connectivity index (χ3v) is 2.66. The predicted molar refractivity (Wildman–Crippen MR) is 64.0 cm³/mol. The van der Waals surface area contributed by atoms with Crippen LogP contribution in [0.2, 0.25) is 0 Å². The van der Waals surface area contributed by atoms with E-state index in [0.717, 1.165) is 11.3 Å². The van der Waals surface area contributed by atoms with Gasteiger partial charge in [-0.25, -0.2) is 0 Å². The minimum absolute atomic E-state index is 0.0144. The van der Waals surface area contributed by atoms with E-state index in [-0.39, 0.29) is 12.1 Å². The molecule has 2 heteroatoms. The van der Waals surface area contributed by atoms with Crippen LogP contribution in [-0.2, 0) is 0 Å². The van der Waals surface area contributed by atoms with Gasteiger partial charge in [-0.1, -0.05) is 32.0 Å². The molecule has 0 saturated carbocycles. The summed E-state index contributed by atoms with van der Waals surface area (Å²) in [4.78, 5) is 0. The third kappa shape index (κ3) is 3.24. The van der Waals surface area contributed by atoms with Crippen LogP contribution in [0, 0.1) is 5.92 Å². The minimum Gasteiger partial charge on any atom is -0.490 e. The molecule has 1 unspecified atom stereocenters. The molecule has 0 aliphatic rings. The van der Waals surface area contributed by atoms with Gasteiger partial charge in [-0.05, 0) is 25.8 Å². The topological polar surface area (TPSA) is 35.2 Å². The van der Waals surface area contributed by atoms with Crippen LogP contribution in [0.5, 0.6) is 5.75 Å². The quantitative estimate of drug-likeness (QED) is 0.823. The van der Waals surface area contributed by atoms with E-state index in [4.69, 9.17) is 10.5 Å². The van der Waals surface area contributed by atoms with E-state index >= 15 is 0 Å². The molecular formula is C13H21NO. The van der Waals surface area contributed by atoms with E-state index < -0.39 is 0 Å². The second-order valence-electron chi connectivity index (χ2n) is 4.39. The molecule has 1 aromatic rings.